The first-order valence-corrected chi connectivity index (χ1v) is 9.56. The van der Waals surface area contributed by atoms with Gasteiger partial charge in [0.15, 0.2) is 0 Å². The number of hydrogen-bond acceptors (Lipinski definition) is 4. The Bertz CT molecular complexity index is 969. The van der Waals surface area contributed by atoms with Gasteiger partial charge in [0.05, 0.1) is 0 Å². The van der Waals surface area contributed by atoms with E-state index in [9.17, 15) is 26.8 Å². The number of rotatable bonds is 4. The molecular formula is C18H16F2N2O4S. The number of benzene rings is 2. The van der Waals surface area contributed by atoms with Crippen LogP contribution in [0.3, 0.4) is 0 Å². The van der Waals surface area contributed by atoms with E-state index in [4.69, 9.17) is 0 Å². The Morgan fingerprint density at radius 1 is 0.963 bits per heavy atom. The van der Waals surface area contributed by atoms with Gasteiger partial charge in [-0.3, -0.25) is 9.59 Å². The van der Waals surface area contributed by atoms with Crippen LogP contribution in [0.4, 0.5) is 8.78 Å². The van der Waals surface area contributed by atoms with Crippen molar-refractivity contribution >= 4 is 22.2 Å². The number of piperazine rings is 1. The van der Waals surface area contributed by atoms with Crippen LogP contribution >= 0.6 is 0 Å². The minimum Gasteiger partial charge on any atom is -0.336 e. The molecule has 2 aromatic rings. The molecule has 0 bridgehead atoms. The van der Waals surface area contributed by atoms with Crippen molar-refractivity contribution < 1.29 is 26.8 Å². The summed E-state index contributed by atoms with van der Waals surface area (Å²) in [6.45, 7) is 0.265. The summed E-state index contributed by atoms with van der Waals surface area (Å²) in [7, 11) is -4.12. The molecule has 27 heavy (non-hydrogen) atoms. The van der Waals surface area contributed by atoms with E-state index in [0.717, 1.165) is 16.4 Å². The topological polar surface area (TPSA) is 74.8 Å². The third-order valence-corrected chi connectivity index (χ3v) is 6.26. The summed E-state index contributed by atoms with van der Waals surface area (Å²) >= 11 is 0. The van der Waals surface area contributed by atoms with Gasteiger partial charge in [0.25, 0.3) is 5.91 Å². The SMILES string of the molecule is O=Cc1ccc(C(=O)N2CCN(S(=O)(=O)c3ccc(F)cc3F)CC2)cc1. The van der Waals surface area contributed by atoms with Crippen LogP contribution in [0.2, 0.25) is 0 Å². The van der Waals surface area contributed by atoms with Crippen molar-refractivity contribution in [3.63, 3.8) is 0 Å². The molecule has 0 aromatic heterocycles. The van der Waals surface area contributed by atoms with E-state index >= 15 is 0 Å². The predicted octanol–water partition coefficient (Wildman–Crippen LogP) is 1.92. The van der Waals surface area contributed by atoms with Crippen molar-refractivity contribution in [3.05, 3.63) is 65.2 Å². The first-order valence-electron chi connectivity index (χ1n) is 8.12. The average molecular weight is 394 g/mol. The van der Waals surface area contributed by atoms with Gasteiger partial charge in [0.2, 0.25) is 10.0 Å². The lowest BCUT2D eigenvalue weighted by molar-refractivity contribution is 0.0697. The molecule has 0 radical (unpaired) electrons. The molecular weight excluding hydrogens is 378 g/mol. The summed E-state index contributed by atoms with van der Waals surface area (Å²) < 4.78 is 53.1. The molecule has 0 atom stereocenters. The zero-order valence-electron chi connectivity index (χ0n) is 14.1. The van der Waals surface area contributed by atoms with Crippen LogP contribution in [0.25, 0.3) is 0 Å². The van der Waals surface area contributed by atoms with Crippen LogP contribution in [0.1, 0.15) is 20.7 Å². The molecule has 2 aromatic carbocycles. The van der Waals surface area contributed by atoms with E-state index in [1.54, 1.807) is 0 Å². The van der Waals surface area contributed by atoms with Crippen LogP contribution < -0.4 is 0 Å². The van der Waals surface area contributed by atoms with Gasteiger partial charge >= 0.3 is 0 Å². The molecule has 6 nitrogen and oxygen atoms in total. The number of halogens is 2. The molecule has 1 saturated heterocycles. The number of carbonyl (C=O) groups excluding carboxylic acids is 2. The molecule has 0 spiro atoms. The summed E-state index contributed by atoms with van der Waals surface area (Å²) in [5.41, 5.74) is 0.838. The molecule has 9 heteroatoms. The van der Waals surface area contributed by atoms with E-state index in [-0.39, 0.29) is 32.1 Å². The number of amides is 1. The summed E-state index contributed by atoms with van der Waals surface area (Å²) in [5, 5.41) is 0. The van der Waals surface area contributed by atoms with Gasteiger partial charge in [-0.15, -0.1) is 0 Å². The number of aldehydes is 1. The van der Waals surface area contributed by atoms with E-state index < -0.39 is 26.6 Å². The minimum atomic E-state index is -4.12. The van der Waals surface area contributed by atoms with Gasteiger partial charge in [0.1, 0.15) is 22.8 Å². The summed E-state index contributed by atoms with van der Waals surface area (Å²) in [5.74, 6) is -2.29. The normalized spacial score (nSPS) is 15.6. The second-order valence-electron chi connectivity index (χ2n) is 6.01. The summed E-state index contributed by atoms with van der Waals surface area (Å²) in [6, 6.07) is 8.42. The molecule has 1 fully saturated rings. The number of carbonyl (C=O) groups is 2. The van der Waals surface area contributed by atoms with E-state index in [1.807, 2.05) is 0 Å². The second kappa shape index (κ2) is 7.53. The lowest BCUT2D eigenvalue weighted by Gasteiger charge is -2.34. The zero-order valence-corrected chi connectivity index (χ0v) is 15.0. The smallest absolute Gasteiger partial charge is 0.253 e. The largest absolute Gasteiger partial charge is 0.336 e. The fourth-order valence-electron chi connectivity index (χ4n) is 2.84. The number of sulfonamides is 1. The predicted molar refractivity (Wildman–Crippen MR) is 92.8 cm³/mol. The van der Waals surface area contributed by atoms with Gasteiger partial charge in [-0.1, -0.05) is 12.1 Å². The first-order chi connectivity index (χ1) is 12.8. The van der Waals surface area contributed by atoms with Crippen LogP contribution in [-0.4, -0.2) is 56.0 Å². The van der Waals surface area contributed by atoms with E-state index in [1.165, 1.54) is 29.2 Å². The highest BCUT2D eigenvalue weighted by molar-refractivity contribution is 7.89. The summed E-state index contributed by atoms with van der Waals surface area (Å²) in [6.07, 6.45) is 0.673. The quantitative estimate of drug-likeness (QED) is 0.743. The van der Waals surface area contributed by atoms with Crippen LogP contribution in [0.15, 0.2) is 47.4 Å². The zero-order chi connectivity index (χ0) is 19.6. The Hall–Kier alpha value is -2.65. The van der Waals surface area contributed by atoms with Crippen LogP contribution in [0.5, 0.6) is 0 Å². The third-order valence-electron chi connectivity index (χ3n) is 4.33. The molecule has 0 N–H and O–H groups in total. The van der Waals surface area contributed by atoms with Crippen molar-refractivity contribution in [1.29, 1.82) is 0 Å². The molecule has 0 saturated carbocycles. The molecule has 1 aliphatic rings. The highest BCUT2D eigenvalue weighted by Crippen LogP contribution is 2.22. The minimum absolute atomic E-state index is 0.00267. The molecule has 142 valence electrons. The Morgan fingerprint density at radius 3 is 2.15 bits per heavy atom. The Labute approximate surface area is 155 Å². The van der Waals surface area contributed by atoms with Crippen LogP contribution in [0, 0.1) is 11.6 Å². The molecule has 0 aliphatic carbocycles. The van der Waals surface area contributed by atoms with Crippen molar-refractivity contribution in [2.24, 2.45) is 0 Å². The van der Waals surface area contributed by atoms with Crippen molar-refractivity contribution in [2.45, 2.75) is 4.90 Å². The highest BCUT2D eigenvalue weighted by atomic mass is 32.2. The maximum Gasteiger partial charge on any atom is 0.253 e. The second-order valence-corrected chi connectivity index (χ2v) is 7.92. The van der Waals surface area contributed by atoms with Crippen molar-refractivity contribution in [1.82, 2.24) is 9.21 Å². The lowest BCUT2D eigenvalue weighted by atomic mass is 10.1. The number of nitrogens with zero attached hydrogens (tertiary/aromatic N) is 2. The Balaban J connectivity index is 1.70. The van der Waals surface area contributed by atoms with Crippen molar-refractivity contribution in [3.8, 4) is 0 Å². The standard InChI is InChI=1S/C18H16F2N2O4S/c19-15-5-6-17(16(20)11-15)27(25,26)22-9-7-21(8-10-22)18(24)14-3-1-13(12-23)2-4-14/h1-6,11-12H,7-10H2. The van der Waals surface area contributed by atoms with Gasteiger partial charge in [-0.2, -0.15) is 4.31 Å². The van der Waals surface area contributed by atoms with Gasteiger partial charge < -0.3 is 4.90 Å². The summed E-state index contributed by atoms with van der Waals surface area (Å²) in [4.78, 5) is 24.1. The third kappa shape index (κ3) is 3.88. The first kappa shape index (κ1) is 19.1. The Kier molecular flexibility index (Phi) is 5.33. The van der Waals surface area contributed by atoms with Gasteiger partial charge in [-0.25, -0.2) is 17.2 Å². The average Bonchev–Trinajstić information content (AvgIpc) is 2.67. The molecule has 1 aliphatic heterocycles. The molecule has 1 heterocycles. The van der Waals surface area contributed by atoms with Gasteiger partial charge in [0, 0.05) is 43.4 Å². The lowest BCUT2D eigenvalue weighted by Crippen LogP contribution is -2.50. The Morgan fingerprint density at radius 2 is 1.59 bits per heavy atom. The fourth-order valence-corrected chi connectivity index (χ4v) is 4.31. The van der Waals surface area contributed by atoms with Crippen LogP contribution in [-0.2, 0) is 10.0 Å². The highest BCUT2D eigenvalue weighted by Gasteiger charge is 2.32. The maximum absolute atomic E-state index is 13.9. The fraction of sp³-hybridized carbons (Fsp3) is 0.222. The van der Waals surface area contributed by atoms with Gasteiger partial charge in [-0.05, 0) is 24.3 Å². The molecule has 0 unspecified atom stereocenters. The van der Waals surface area contributed by atoms with E-state index in [2.05, 4.69) is 0 Å². The molecule has 1 amide bonds. The molecule has 3 rings (SSSR count). The van der Waals surface area contributed by atoms with E-state index in [0.29, 0.717) is 23.5 Å². The van der Waals surface area contributed by atoms with Crippen molar-refractivity contribution in [2.75, 3.05) is 26.2 Å². The maximum atomic E-state index is 13.9. The number of hydrogen-bond donors (Lipinski definition) is 0. The monoisotopic (exact) mass is 394 g/mol.